The molecule has 1 heterocycles. The number of nitrogen functional groups attached to an aromatic ring is 1. The highest BCUT2D eigenvalue weighted by Gasteiger charge is 2.05. The van der Waals surface area contributed by atoms with Crippen molar-refractivity contribution in [2.75, 3.05) is 18.2 Å². The fourth-order valence-corrected chi connectivity index (χ4v) is 1.55. The molecule has 1 aromatic heterocycles. The summed E-state index contributed by atoms with van der Waals surface area (Å²) in [6.07, 6.45) is 0. The van der Waals surface area contributed by atoms with E-state index in [4.69, 9.17) is 10.5 Å². The van der Waals surface area contributed by atoms with Crippen LogP contribution < -0.4 is 15.8 Å². The third-order valence-electron chi connectivity index (χ3n) is 2.28. The number of hydrogen-bond acceptors (Lipinski definition) is 5. The van der Waals surface area contributed by atoms with E-state index in [-0.39, 0.29) is 5.75 Å². The summed E-state index contributed by atoms with van der Waals surface area (Å²) < 4.78 is 18.3. The van der Waals surface area contributed by atoms with E-state index in [0.717, 1.165) is 0 Å². The molecule has 3 N–H and O–H groups in total. The molecule has 94 valence electrons. The van der Waals surface area contributed by atoms with Crippen molar-refractivity contribution in [1.29, 1.82) is 0 Å². The molecule has 0 aliphatic carbocycles. The lowest BCUT2D eigenvalue weighted by molar-refractivity contribution is 0.386. The molecule has 2 aromatic rings. The van der Waals surface area contributed by atoms with Crippen LogP contribution in [-0.2, 0) is 0 Å². The number of nitrogens with two attached hydrogens (primary N) is 1. The van der Waals surface area contributed by atoms with E-state index in [2.05, 4.69) is 15.3 Å². The predicted octanol–water partition coefficient (Wildman–Crippen LogP) is 2.26. The summed E-state index contributed by atoms with van der Waals surface area (Å²) in [6.45, 7) is 1.73. The van der Waals surface area contributed by atoms with Crippen LogP contribution in [0, 0.1) is 12.7 Å². The van der Waals surface area contributed by atoms with Crippen molar-refractivity contribution in [1.82, 2.24) is 9.97 Å². The second-order valence-corrected chi connectivity index (χ2v) is 3.70. The van der Waals surface area contributed by atoms with Crippen LogP contribution in [0.5, 0.6) is 5.75 Å². The van der Waals surface area contributed by atoms with Gasteiger partial charge in [0.2, 0.25) is 0 Å². The van der Waals surface area contributed by atoms with Gasteiger partial charge in [-0.2, -0.15) is 0 Å². The number of aromatic nitrogens is 2. The van der Waals surface area contributed by atoms with Gasteiger partial charge in [0, 0.05) is 17.8 Å². The Bertz CT molecular complexity index is 554. The standard InChI is InChI=1S/C12H13FN4O/c1-7-15-11(14)6-12(16-7)17-8-3-4-10(18-2)9(13)5-8/h3-6H,1-2H3,(H3,14,15,16,17). The number of halogens is 1. The predicted molar refractivity (Wildman–Crippen MR) is 67.4 cm³/mol. The summed E-state index contributed by atoms with van der Waals surface area (Å²) in [5, 5.41) is 2.95. The van der Waals surface area contributed by atoms with Gasteiger partial charge in [0.15, 0.2) is 11.6 Å². The van der Waals surface area contributed by atoms with Gasteiger partial charge in [0.25, 0.3) is 0 Å². The molecule has 0 bridgehead atoms. The molecule has 6 heteroatoms. The van der Waals surface area contributed by atoms with Gasteiger partial charge in [0.05, 0.1) is 7.11 Å². The van der Waals surface area contributed by atoms with E-state index in [9.17, 15) is 4.39 Å². The number of nitrogens with one attached hydrogen (secondary N) is 1. The van der Waals surface area contributed by atoms with E-state index in [0.29, 0.717) is 23.1 Å². The van der Waals surface area contributed by atoms with Crippen molar-refractivity contribution >= 4 is 17.3 Å². The lowest BCUT2D eigenvalue weighted by atomic mass is 10.3. The van der Waals surface area contributed by atoms with Gasteiger partial charge in [-0.25, -0.2) is 14.4 Å². The number of hydrogen-bond donors (Lipinski definition) is 2. The molecule has 0 saturated heterocycles. The van der Waals surface area contributed by atoms with Crippen molar-refractivity contribution in [2.24, 2.45) is 0 Å². The summed E-state index contributed by atoms with van der Waals surface area (Å²) >= 11 is 0. The maximum Gasteiger partial charge on any atom is 0.167 e. The Morgan fingerprint density at radius 3 is 2.67 bits per heavy atom. The Morgan fingerprint density at radius 1 is 1.28 bits per heavy atom. The van der Waals surface area contributed by atoms with Gasteiger partial charge in [-0.15, -0.1) is 0 Å². The summed E-state index contributed by atoms with van der Waals surface area (Å²) in [6, 6.07) is 6.13. The highest BCUT2D eigenvalue weighted by Crippen LogP contribution is 2.23. The van der Waals surface area contributed by atoms with Crippen LogP contribution >= 0.6 is 0 Å². The molecule has 1 aromatic carbocycles. The van der Waals surface area contributed by atoms with Crippen molar-refractivity contribution in [3.63, 3.8) is 0 Å². The molecule has 0 radical (unpaired) electrons. The molecule has 0 saturated carbocycles. The molecule has 0 spiro atoms. The normalized spacial score (nSPS) is 10.2. The Balaban J connectivity index is 2.25. The van der Waals surface area contributed by atoms with Gasteiger partial charge in [-0.1, -0.05) is 0 Å². The van der Waals surface area contributed by atoms with Gasteiger partial charge in [0.1, 0.15) is 17.5 Å². The lowest BCUT2D eigenvalue weighted by Crippen LogP contribution is -2.01. The van der Waals surface area contributed by atoms with E-state index >= 15 is 0 Å². The zero-order valence-electron chi connectivity index (χ0n) is 10.1. The van der Waals surface area contributed by atoms with Crippen LogP contribution in [0.3, 0.4) is 0 Å². The second-order valence-electron chi connectivity index (χ2n) is 3.70. The van der Waals surface area contributed by atoms with Crippen molar-refractivity contribution in [3.05, 3.63) is 35.9 Å². The first kappa shape index (κ1) is 12.1. The molecule has 2 rings (SSSR count). The van der Waals surface area contributed by atoms with Crippen LogP contribution in [0.15, 0.2) is 24.3 Å². The second kappa shape index (κ2) is 4.87. The van der Waals surface area contributed by atoms with Crippen LogP contribution in [-0.4, -0.2) is 17.1 Å². The van der Waals surface area contributed by atoms with Crippen molar-refractivity contribution in [2.45, 2.75) is 6.92 Å². The van der Waals surface area contributed by atoms with Crippen molar-refractivity contribution < 1.29 is 9.13 Å². The summed E-state index contributed by atoms with van der Waals surface area (Å²) in [5.74, 6) is 1.18. The minimum atomic E-state index is -0.443. The average molecular weight is 248 g/mol. The Labute approximate surface area is 104 Å². The van der Waals surface area contributed by atoms with Gasteiger partial charge >= 0.3 is 0 Å². The monoisotopic (exact) mass is 248 g/mol. The number of aryl methyl sites for hydroxylation is 1. The van der Waals surface area contributed by atoms with Gasteiger partial charge in [-0.05, 0) is 19.1 Å². The molecule has 0 fully saturated rings. The third kappa shape index (κ3) is 2.65. The zero-order chi connectivity index (χ0) is 13.1. The molecular weight excluding hydrogens is 235 g/mol. The van der Waals surface area contributed by atoms with Gasteiger partial charge in [-0.3, -0.25) is 0 Å². The topological polar surface area (TPSA) is 73.1 Å². The van der Waals surface area contributed by atoms with Crippen LogP contribution in [0.4, 0.5) is 21.7 Å². The first-order chi connectivity index (χ1) is 8.58. The molecule has 0 aliphatic rings. The number of nitrogens with zero attached hydrogens (tertiary/aromatic N) is 2. The van der Waals surface area contributed by atoms with E-state index in [1.165, 1.54) is 19.2 Å². The quantitative estimate of drug-likeness (QED) is 0.871. The SMILES string of the molecule is COc1ccc(Nc2cc(N)nc(C)n2)cc1F. The first-order valence-corrected chi connectivity index (χ1v) is 5.30. The number of anilines is 3. The summed E-state index contributed by atoms with van der Waals surface area (Å²) in [7, 11) is 1.42. The molecule has 0 unspecified atom stereocenters. The third-order valence-corrected chi connectivity index (χ3v) is 2.28. The Kier molecular flexibility index (Phi) is 3.27. The molecular formula is C12H13FN4O. The maximum atomic E-state index is 13.5. The van der Waals surface area contributed by atoms with Crippen LogP contribution in [0.2, 0.25) is 0 Å². The molecule has 0 atom stereocenters. The largest absolute Gasteiger partial charge is 0.494 e. The summed E-state index contributed by atoms with van der Waals surface area (Å²) in [5.41, 5.74) is 6.16. The van der Waals surface area contributed by atoms with Gasteiger partial charge < -0.3 is 15.8 Å². The fourth-order valence-electron chi connectivity index (χ4n) is 1.55. The van der Waals surface area contributed by atoms with Crippen LogP contribution in [0.1, 0.15) is 5.82 Å². The lowest BCUT2D eigenvalue weighted by Gasteiger charge is -2.08. The number of ether oxygens (including phenoxy) is 1. The first-order valence-electron chi connectivity index (χ1n) is 5.30. The zero-order valence-corrected chi connectivity index (χ0v) is 10.1. The molecule has 18 heavy (non-hydrogen) atoms. The number of methoxy groups -OCH3 is 1. The summed E-state index contributed by atoms with van der Waals surface area (Å²) in [4.78, 5) is 8.10. The maximum absolute atomic E-state index is 13.5. The smallest absolute Gasteiger partial charge is 0.167 e. The fraction of sp³-hybridized carbons (Fsp3) is 0.167. The highest BCUT2D eigenvalue weighted by atomic mass is 19.1. The van der Waals surface area contributed by atoms with Crippen LogP contribution in [0.25, 0.3) is 0 Å². The average Bonchev–Trinajstić information content (AvgIpc) is 2.27. The van der Waals surface area contributed by atoms with E-state index in [1.54, 1.807) is 19.1 Å². The number of benzene rings is 1. The van der Waals surface area contributed by atoms with E-state index < -0.39 is 5.82 Å². The minimum absolute atomic E-state index is 0.193. The molecule has 0 aliphatic heterocycles. The molecule has 0 amide bonds. The Morgan fingerprint density at radius 2 is 2.06 bits per heavy atom. The Hall–Kier alpha value is -2.37. The van der Waals surface area contributed by atoms with Crippen molar-refractivity contribution in [3.8, 4) is 5.75 Å². The van der Waals surface area contributed by atoms with E-state index in [1.807, 2.05) is 0 Å². The molecule has 5 nitrogen and oxygen atoms in total. The minimum Gasteiger partial charge on any atom is -0.494 e. The number of rotatable bonds is 3. The highest BCUT2D eigenvalue weighted by molar-refractivity contribution is 5.59.